The van der Waals surface area contributed by atoms with Gasteiger partial charge in [-0.05, 0) is 41.5 Å². The van der Waals surface area contributed by atoms with Crippen LogP contribution < -0.4 is 9.62 Å². The highest BCUT2D eigenvalue weighted by Crippen LogP contribution is 2.27. The lowest BCUT2D eigenvalue weighted by Gasteiger charge is -2.35. The van der Waals surface area contributed by atoms with Gasteiger partial charge in [0.1, 0.15) is 11.6 Å². The summed E-state index contributed by atoms with van der Waals surface area (Å²) in [6.45, 7) is 2.93. The summed E-state index contributed by atoms with van der Waals surface area (Å²) >= 11 is 0. The van der Waals surface area contributed by atoms with Gasteiger partial charge >= 0.3 is 6.18 Å². The van der Waals surface area contributed by atoms with E-state index in [0.29, 0.717) is 49.7 Å². The number of piperazine rings is 1. The fraction of sp³-hybridized carbons (Fsp3) is 0.320. The number of alkyl halides is 3. The standard InChI is InChI=1S/C25H25F4N5O4S/c26-21-14-17(4-5-20(21)18-2-1-3-19(35)15-18)16-33-9-11-34(12-10-33)23-7-6-22(30-31-23)24(36)32-39(37,38)13-8-25(27,28)29/h1-7,14-15,35H,8-13,16H2,(H,32,36). The Bertz CT molecular complexity index is 1430. The van der Waals surface area contributed by atoms with Crippen molar-refractivity contribution in [2.75, 3.05) is 36.8 Å². The topological polar surface area (TPSA) is 116 Å². The zero-order valence-electron chi connectivity index (χ0n) is 20.5. The third kappa shape index (κ3) is 7.86. The molecule has 0 aliphatic carbocycles. The first kappa shape index (κ1) is 28.2. The first-order valence-corrected chi connectivity index (χ1v) is 13.5. The van der Waals surface area contributed by atoms with E-state index in [1.54, 1.807) is 22.9 Å². The number of carbonyl (C=O) groups excluding carboxylic acids is 1. The van der Waals surface area contributed by atoms with Crippen LogP contribution in [0.5, 0.6) is 5.75 Å². The number of anilines is 1. The molecule has 2 aromatic carbocycles. The summed E-state index contributed by atoms with van der Waals surface area (Å²) in [5, 5.41) is 17.3. The average Bonchev–Trinajstić information content (AvgIpc) is 2.88. The molecule has 0 atom stereocenters. The summed E-state index contributed by atoms with van der Waals surface area (Å²) < 4.78 is 76.6. The van der Waals surface area contributed by atoms with Crippen LogP contribution in [-0.4, -0.2) is 72.6 Å². The predicted molar refractivity (Wildman–Crippen MR) is 135 cm³/mol. The SMILES string of the molecule is O=C(NS(=O)(=O)CCC(F)(F)F)c1ccc(N2CCN(Cc3ccc(-c4cccc(O)c4)c(F)c3)CC2)nn1. The number of aromatic hydroxyl groups is 1. The summed E-state index contributed by atoms with van der Waals surface area (Å²) in [5.74, 6) is -2.31. The molecule has 0 saturated carbocycles. The van der Waals surface area contributed by atoms with Gasteiger partial charge in [-0.15, -0.1) is 10.2 Å². The van der Waals surface area contributed by atoms with Gasteiger partial charge in [-0.2, -0.15) is 13.2 Å². The normalized spacial score (nSPS) is 14.8. The fourth-order valence-corrected chi connectivity index (χ4v) is 5.06. The number of carbonyl (C=O) groups is 1. The molecule has 0 radical (unpaired) electrons. The molecule has 1 aliphatic heterocycles. The van der Waals surface area contributed by atoms with Crippen LogP contribution in [0.25, 0.3) is 11.1 Å². The molecule has 0 unspecified atom stereocenters. The third-order valence-electron chi connectivity index (χ3n) is 6.08. The van der Waals surface area contributed by atoms with Crippen LogP contribution >= 0.6 is 0 Å². The Hall–Kier alpha value is -3.78. The summed E-state index contributed by atoms with van der Waals surface area (Å²) in [6.07, 6.45) is -6.25. The largest absolute Gasteiger partial charge is 0.508 e. The summed E-state index contributed by atoms with van der Waals surface area (Å²) in [7, 11) is -4.48. The number of phenolic OH excluding ortho intramolecular Hbond substituents is 1. The van der Waals surface area contributed by atoms with Crippen molar-refractivity contribution >= 4 is 21.7 Å². The van der Waals surface area contributed by atoms with Gasteiger partial charge in [0.2, 0.25) is 10.0 Å². The fourth-order valence-electron chi connectivity index (χ4n) is 4.07. The number of hydrogen-bond donors (Lipinski definition) is 2. The van der Waals surface area contributed by atoms with Crippen molar-refractivity contribution < 1.29 is 35.9 Å². The Morgan fingerprint density at radius 2 is 1.74 bits per heavy atom. The molecule has 1 saturated heterocycles. The van der Waals surface area contributed by atoms with E-state index < -0.39 is 34.3 Å². The second-order valence-electron chi connectivity index (χ2n) is 9.02. The Morgan fingerprint density at radius 3 is 2.36 bits per heavy atom. The molecule has 208 valence electrons. The monoisotopic (exact) mass is 567 g/mol. The molecule has 2 heterocycles. The van der Waals surface area contributed by atoms with Crippen molar-refractivity contribution in [3.63, 3.8) is 0 Å². The summed E-state index contributed by atoms with van der Waals surface area (Å²) in [4.78, 5) is 16.2. The van der Waals surface area contributed by atoms with Crippen LogP contribution in [-0.2, 0) is 16.6 Å². The average molecular weight is 568 g/mol. The maximum atomic E-state index is 14.7. The lowest BCUT2D eigenvalue weighted by molar-refractivity contribution is -0.130. The highest BCUT2D eigenvalue weighted by atomic mass is 32.2. The van der Waals surface area contributed by atoms with Crippen molar-refractivity contribution in [3.05, 3.63) is 71.7 Å². The van der Waals surface area contributed by atoms with Gasteiger partial charge in [0, 0.05) is 38.3 Å². The molecule has 1 amide bonds. The van der Waals surface area contributed by atoms with Gasteiger partial charge in [-0.25, -0.2) is 17.5 Å². The number of phenols is 1. The van der Waals surface area contributed by atoms with E-state index in [4.69, 9.17) is 0 Å². The van der Waals surface area contributed by atoms with Gasteiger partial charge < -0.3 is 10.0 Å². The number of aromatic nitrogens is 2. The van der Waals surface area contributed by atoms with Crippen LogP contribution in [0.15, 0.2) is 54.6 Å². The molecule has 4 rings (SSSR count). The summed E-state index contributed by atoms with van der Waals surface area (Å²) in [5.41, 5.74) is 1.43. The smallest absolute Gasteiger partial charge is 0.390 e. The van der Waals surface area contributed by atoms with E-state index in [9.17, 15) is 35.9 Å². The van der Waals surface area contributed by atoms with Crippen molar-refractivity contribution in [2.45, 2.75) is 19.1 Å². The molecular formula is C25H25F4N5O4S. The van der Waals surface area contributed by atoms with Crippen molar-refractivity contribution in [1.82, 2.24) is 19.8 Å². The lowest BCUT2D eigenvalue weighted by Crippen LogP contribution is -2.46. The van der Waals surface area contributed by atoms with Crippen LogP contribution in [0.4, 0.5) is 23.4 Å². The molecule has 14 heteroatoms. The van der Waals surface area contributed by atoms with Gasteiger partial charge in [-0.3, -0.25) is 9.69 Å². The van der Waals surface area contributed by atoms with E-state index in [0.717, 1.165) is 5.56 Å². The maximum absolute atomic E-state index is 14.7. The quantitative estimate of drug-likeness (QED) is 0.399. The number of nitrogens with one attached hydrogen (secondary N) is 1. The highest BCUT2D eigenvalue weighted by molar-refractivity contribution is 7.90. The number of rotatable bonds is 8. The zero-order valence-corrected chi connectivity index (χ0v) is 21.3. The maximum Gasteiger partial charge on any atom is 0.390 e. The lowest BCUT2D eigenvalue weighted by atomic mass is 10.0. The number of nitrogens with zero attached hydrogens (tertiary/aromatic N) is 4. The third-order valence-corrected chi connectivity index (χ3v) is 7.32. The molecule has 1 aliphatic rings. The number of amides is 1. The van der Waals surface area contributed by atoms with Gasteiger partial charge in [0.05, 0.1) is 12.2 Å². The van der Waals surface area contributed by atoms with E-state index >= 15 is 0 Å². The molecule has 1 aromatic heterocycles. The van der Waals surface area contributed by atoms with Crippen molar-refractivity contribution in [2.24, 2.45) is 0 Å². The minimum absolute atomic E-state index is 0.0595. The Balaban J connectivity index is 1.29. The van der Waals surface area contributed by atoms with Gasteiger partial charge in [-0.1, -0.05) is 24.3 Å². The number of hydrogen-bond acceptors (Lipinski definition) is 8. The van der Waals surface area contributed by atoms with E-state index in [2.05, 4.69) is 15.1 Å². The Labute approximate surface area is 222 Å². The van der Waals surface area contributed by atoms with Crippen LogP contribution in [0.1, 0.15) is 22.5 Å². The molecule has 3 aromatic rings. The van der Waals surface area contributed by atoms with Gasteiger partial charge in [0.25, 0.3) is 5.91 Å². The molecule has 39 heavy (non-hydrogen) atoms. The predicted octanol–water partition coefficient (Wildman–Crippen LogP) is 3.32. The first-order chi connectivity index (χ1) is 18.4. The van der Waals surface area contributed by atoms with Gasteiger partial charge in [0.15, 0.2) is 11.5 Å². The van der Waals surface area contributed by atoms with E-state index in [1.165, 1.54) is 30.3 Å². The number of sulfonamides is 1. The Kier molecular flexibility index (Phi) is 8.35. The van der Waals surface area contributed by atoms with Crippen molar-refractivity contribution in [1.29, 1.82) is 0 Å². The first-order valence-electron chi connectivity index (χ1n) is 11.9. The van der Waals surface area contributed by atoms with E-state index in [-0.39, 0.29) is 17.3 Å². The number of halogens is 4. The van der Waals surface area contributed by atoms with Crippen LogP contribution in [0.3, 0.4) is 0 Å². The molecule has 9 nitrogen and oxygen atoms in total. The molecule has 1 fully saturated rings. The van der Waals surface area contributed by atoms with Crippen molar-refractivity contribution in [3.8, 4) is 16.9 Å². The molecular weight excluding hydrogens is 542 g/mol. The highest BCUT2D eigenvalue weighted by Gasteiger charge is 2.31. The second-order valence-corrected chi connectivity index (χ2v) is 10.9. The summed E-state index contributed by atoms with van der Waals surface area (Å²) in [6, 6.07) is 14.1. The minimum Gasteiger partial charge on any atom is -0.508 e. The molecule has 0 bridgehead atoms. The molecule has 2 N–H and O–H groups in total. The second kappa shape index (κ2) is 11.5. The molecule has 0 spiro atoms. The Morgan fingerprint density at radius 1 is 1.00 bits per heavy atom. The van der Waals surface area contributed by atoms with Crippen LogP contribution in [0, 0.1) is 5.82 Å². The van der Waals surface area contributed by atoms with E-state index in [1.807, 2.05) is 11.0 Å². The minimum atomic E-state index is -4.67. The zero-order chi connectivity index (χ0) is 28.2. The van der Waals surface area contributed by atoms with Crippen LogP contribution in [0.2, 0.25) is 0 Å². The number of benzene rings is 2.